The molecule has 3 aromatic carbocycles. The van der Waals surface area contributed by atoms with Crippen LogP contribution in [0.5, 0.6) is 23.0 Å². The molecule has 0 radical (unpaired) electrons. The van der Waals surface area contributed by atoms with Crippen LogP contribution in [0.2, 0.25) is 0 Å². The molecular formula is C29H29NO7. The summed E-state index contributed by atoms with van der Waals surface area (Å²) < 4.78 is 23.7. The number of carboxylic acid groups (broad SMARTS) is 1. The van der Waals surface area contributed by atoms with Gasteiger partial charge in [0.25, 0.3) is 5.91 Å². The van der Waals surface area contributed by atoms with Gasteiger partial charge in [0.15, 0.2) is 11.5 Å². The molecule has 0 saturated carbocycles. The highest BCUT2D eigenvalue weighted by atomic mass is 16.5. The topological polar surface area (TPSA) is 96.2 Å². The van der Waals surface area contributed by atoms with Crippen molar-refractivity contribution in [2.45, 2.75) is 20.3 Å². The second kappa shape index (κ2) is 11.1. The highest BCUT2D eigenvalue weighted by Gasteiger charge is 2.22. The minimum atomic E-state index is -0.939. The maximum atomic E-state index is 13.6. The average Bonchev–Trinajstić information content (AvgIpc) is 3.16. The molecule has 0 aliphatic rings. The van der Waals surface area contributed by atoms with E-state index in [4.69, 9.17) is 18.9 Å². The normalized spacial score (nSPS) is 10.8. The van der Waals surface area contributed by atoms with Crippen LogP contribution in [0.25, 0.3) is 10.9 Å². The second-order valence-corrected chi connectivity index (χ2v) is 8.48. The van der Waals surface area contributed by atoms with Crippen molar-refractivity contribution in [1.82, 2.24) is 4.57 Å². The van der Waals surface area contributed by atoms with Crippen LogP contribution in [0.4, 0.5) is 0 Å². The monoisotopic (exact) mass is 503 g/mol. The quantitative estimate of drug-likeness (QED) is 0.303. The fourth-order valence-corrected chi connectivity index (χ4v) is 4.36. The zero-order chi connectivity index (χ0) is 26.5. The summed E-state index contributed by atoms with van der Waals surface area (Å²) in [6.07, 6.45) is -0.150. The number of fused-ring (bicyclic) bond motifs is 1. The van der Waals surface area contributed by atoms with Crippen LogP contribution in [0, 0.1) is 13.8 Å². The molecule has 0 atom stereocenters. The first-order valence-electron chi connectivity index (χ1n) is 11.8. The summed E-state index contributed by atoms with van der Waals surface area (Å²) in [5, 5.41) is 10.1. The van der Waals surface area contributed by atoms with E-state index in [0.29, 0.717) is 58.5 Å². The molecule has 0 spiro atoms. The van der Waals surface area contributed by atoms with E-state index in [2.05, 4.69) is 0 Å². The van der Waals surface area contributed by atoms with Crippen molar-refractivity contribution in [2.75, 3.05) is 27.4 Å². The maximum absolute atomic E-state index is 13.6. The standard InChI is InChI=1S/C29H29NO7/c1-18-15-21(36-13-14-37-26-12-10-20(34-3)16-27(26)35-4)9-11-22(18)29(33)30-19(2)24(17-28(31)32)23-7-5-6-8-25(23)30/h5-12,15-16H,13-14,17H2,1-4H3,(H,31,32). The number of ether oxygens (including phenoxy) is 4. The third-order valence-corrected chi connectivity index (χ3v) is 6.18. The van der Waals surface area contributed by atoms with Gasteiger partial charge in [-0.3, -0.25) is 14.2 Å². The Hall–Kier alpha value is -4.46. The van der Waals surface area contributed by atoms with Crippen molar-refractivity contribution in [3.63, 3.8) is 0 Å². The van der Waals surface area contributed by atoms with Crippen molar-refractivity contribution < 1.29 is 33.6 Å². The molecule has 0 aliphatic carbocycles. The third kappa shape index (κ3) is 5.38. The number of carboxylic acids is 1. The minimum absolute atomic E-state index is 0.150. The van der Waals surface area contributed by atoms with Crippen LogP contribution in [0.1, 0.15) is 27.2 Å². The zero-order valence-corrected chi connectivity index (χ0v) is 21.2. The first-order chi connectivity index (χ1) is 17.8. The van der Waals surface area contributed by atoms with Crippen molar-refractivity contribution in [3.8, 4) is 23.0 Å². The van der Waals surface area contributed by atoms with Crippen molar-refractivity contribution in [2.24, 2.45) is 0 Å². The minimum Gasteiger partial charge on any atom is -0.497 e. The smallest absolute Gasteiger partial charge is 0.307 e. The molecule has 1 N–H and O–H groups in total. The highest BCUT2D eigenvalue weighted by molar-refractivity contribution is 6.05. The van der Waals surface area contributed by atoms with E-state index in [0.717, 1.165) is 10.9 Å². The summed E-state index contributed by atoms with van der Waals surface area (Å²) in [6, 6.07) is 17.9. The Morgan fingerprint density at radius 2 is 1.57 bits per heavy atom. The lowest BCUT2D eigenvalue weighted by molar-refractivity contribution is -0.136. The van der Waals surface area contributed by atoms with Crippen molar-refractivity contribution in [1.29, 1.82) is 0 Å². The van der Waals surface area contributed by atoms with Crippen LogP contribution in [0.3, 0.4) is 0 Å². The summed E-state index contributed by atoms with van der Waals surface area (Å²) in [5.74, 6) is 1.28. The molecule has 4 rings (SSSR count). The van der Waals surface area contributed by atoms with Gasteiger partial charge in [0, 0.05) is 22.7 Å². The molecular weight excluding hydrogens is 474 g/mol. The molecule has 37 heavy (non-hydrogen) atoms. The lowest BCUT2D eigenvalue weighted by Crippen LogP contribution is -2.16. The zero-order valence-electron chi connectivity index (χ0n) is 21.2. The predicted molar refractivity (Wildman–Crippen MR) is 139 cm³/mol. The summed E-state index contributed by atoms with van der Waals surface area (Å²) in [6.45, 7) is 4.21. The Bertz CT molecular complexity index is 1450. The third-order valence-electron chi connectivity index (χ3n) is 6.18. The molecule has 0 unspecified atom stereocenters. The fraction of sp³-hybridized carbons (Fsp3) is 0.241. The molecule has 0 fully saturated rings. The summed E-state index contributed by atoms with van der Waals surface area (Å²) in [5.41, 5.74) is 3.21. The van der Waals surface area contributed by atoms with Crippen LogP contribution in [0.15, 0.2) is 60.7 Å². The number of para-hydroxylation sites is 1. The number of carbonyl (C=O) groups is 2. The number of aliphatic carboxylic acids is 1. The number of aromatic nitrogens is 1. The van der Waals surface area contributed by atoms with Gasteiger partial charge in [0.05, 0.1) is 26.2 Å². The second-order valence-electron chi connectivity index (χ2n) is 8.48. The summed E-state index contributed by atoms with van der Waals surface area (Å²) >= 11 is 0. The van der Waals surface area contributed by atoms with E-state index in [1.165, 1.54) is 0 Å². The van der Waals surface area contributed by atoms with Gasteiger partial charge in [0.2, 0.25) is 0 Å². The highest BCUT2D eigenvalue weighted by Crippen LogP contribution is 2.31. The number of hydrogen-bond donors (Lipinski definition) is 1. The van der Waals surface area contributed by atoms with Crippen molar-refractivity contribution >= 4 is 22.8 Å². The Morgan fingerprint density at radius 3 is 2.27 bits per heavy atom. The number of benzene rings is 3. The maximum Gasteiger partial charge on any atom is 0.307 e. The number of hydrogen-bond acceptors (Lipinski definition) is 6. The lowest BCUT2D eigenvalue weighted by Gasteiger charge is -2.14. The van der Waals surface area contributed by atoms with Crippen LogP contribution in [-0.2, 0) is 11.2 Å². The molecule has 0 bridgehead atoms. The Labute approximate surface area is 215 Å². The molecule has 0 saturated heterocycles. The van der Waals surface area contributed by atoms with Gasteiger partial charge in [-0.15, -0.1) is 0 Å². The molecule has 1 heterocycles. The SMILES string of the molecule is COc1ccc(OCCOc2ccc(C(=O)n3c(C)c(CC(=O)O)c4ccccc43)c(C)c2)c(OC)c1. The van der Waals surface area contributed by atoms with Gasteiger partial charge in [0.1, 0.15) is 24.7 Å². The van der Waals surface area contributed by atoms with E-state index < -0.39 is 5.97 Å². The van der Waals surface area contributed by atoms with Gasteiger partial charge < -0.3 is 24.1 Å². The van der Waals surface area contributed by atoms with E-state index >= 15 is 0 Å². The predicted octanol–water partition coefficient (Wildman–Crippen LogP) is 5.05. The number of nitrogens with zero attached hydrogens (tertiary/aromatic N) is 1. The van der Waals surface area contributed by atoms with E-state index in [1.54, 1.807) is 62.1 Å². The van der Waals surface area contributed by atoms with Crippen LogP contribution in [-0.4, -0.2) is 49.0 Å². The molecule has 0 aliphatic heterocycles. The molecule has 4 aromatic rings. The average molecular weight is 504 g/mol. The van der Waals surface area contributed by atoms with E-state index in [1.807, 2.05) is 31.2 Å². The number of carbonyl (C=O) groups excluding carboxylic acids is 1. The molecule has 192 valence electrons. The van der Waals surface area contributed by atoms with Gasteiger partial charge in [-0.1, -0.05) is 18.2 Å². The number of aryl methyl sites for hydroxylation is 1. The molecule has 1 aromatic heterocycles. The van der Waals surface area contributed by atoms with Gasteiger partial charge in [-0.2, -0.15) is 0 Å². The van der Waals surface area contributed by atoms with Crippen molar-refractivity contribution in [3.05, 3.63) is 83.0 Å². The fourth-order valence-electron chi connectivity index (χ4n) is 4.36. The summed E-state index contributed by atoms with van der Waals surface area (Å²) in [4.78, 5) is 25.0. The Morgan fingerprint density at radius 1 is 0.838 bits per heavy atom. The Kier molecular flexibility index (Phi) is 7.67. The molecule has 8 nitrogen and oxygen atoms in total. The van der Waals surface area contributed by atoms with Crippen LogP contribution < -0.4 is 18.9 Å². The van der Waals surface area contributed by atoms with Gasteiger partial charge >= 0.3 is 5.97 Å². The molecule has 8 heteroatoms. The van der Waals surface area contributed by atoms with E-state index in [9.17, 15) is 14.7 Å². The largest absolute Gasteiger partial charge is 0.497 e. The first kappa shape index (κ1) is 25.6. The van der Waals surface area contributed by atoms with Gasteiger partial charge in [-0.25, -0.2) is 0 Å². The first-order valence-corrected chi connectivity index (χ1v) is 11.8. The van der Waals surface area contributed by atoms with Crippen LogP contribution >= 0.6 is 0 Å². The van der Waals surface area contributed by atoms with Gasteiger partial charge in [-0.05, 0) is 61.4 Å². The number of rotatable bonds is 10. The molecule has 0 amide bonds. The number of methoxy groups -OCH3 is 2. The summed E-state index contributed by atoms with van der Waals surface area (Å²) in [7, 11) is 3.15. The lowest BCUT2D eigenvalue weighted by atomic mass is 10.1. The Balaban J connectivity index is 1.47. The van der Waals surface area contributed by atoms with E-state index in [-0.39, 0.29) is 12.3 Å².